The third-order valence-corrected chi connectivity index (χ3v) is 7.06. The van der Waals surface area contributed by atoms with Crippen LogP contribution in [-0.2, 0) is 24.2 Å². The standard InChI is InChI=1S/C28H29N3O2S2.ClH/c32-26(23-9-5-2-6-10-23)18-29-16-15-21-11-13-24(14-12-21)30-27(33)17-25-20-35-28(34)31(25)19-22-7-3-1-4-8-22;/h1-14,20,26,29,32H,15-19H2,(H,30,33);1H/t26-;/m0./s1. The van der Waals surface area contributed by atoms with Gasteiger partial charge in [-0.25, -0.2) is 0 Å². The minimum absolute atomic E-state index is 0. The van der Waals surface area contributed by atoms with Crippen LogP contribution < -0.4 is 10.6 Å². The highest BCUT2D eigenvalue weighted by Gasteiger charge is 2.11. The highest BCUT2D eigenvalue weighted by atomic mass is 35.5. The number of carbonyl (C=O) groups excluding carboxylic acids is 1. The molecule has 3 N–H and O–H groups in total. The lowest BCUT2D eigenvalue weighted by Gasteiger charge is -2.12. The number of hydrogen-bond acceptors (Lipinski definition) is 5. The Bertz CT molecular complexity index is 1280. The summed E-state index contributed by atoms with van der Waals surface area (Å²) in [5, 5.41) is 18.5. The summed E-state index contributed by atoms with van der Waals surface area (Å²) in [5.41, 5.74) is 4.93. The van der Waals surface area contributed by atoms with Crippen molar-refractivity contribution in [2.24, 2.45) is 0 Å². The second-order valence-electron chi connectivity index (χ2n) is 8.37. The van der Waals surface area contributed by atoms with Gasteiger partial charge >= 0.3 is 0 Å². The van der Waals surface area contributed by atoms with Crippen LogP contribution in [0.2, 0.25) is 0 Å². The first-order chi connectivity index (χ1) is 17.1. The van der Waals surface area contributed by atoms with Crippen LogP contribution in [0.4, 0.5) is 5.69 Å². The zero-order chi connectivity index (χ0) is 24.5. The van der Waals surface area contributed by atoms with Crippen molar-refractivity contribution in [1.82, 2.24) is 9.88 Å². The predicted molar refractivity (Wildman–Crippen MR) is 153 cm³/mol. The van der Waals surface area contributed by atoms with Gasteiger partial charge in [0.1, 0.15) is 0 Å². The lowest BCUT2D eigenvalue weighted by molar-refractivity contribution is -0.115. The number of nitrogens with one attached hydrogen (secondary N) is 2. The van der Waals surface area contributed by atoms with Gasteiger partial charge in [-0.3, -0.25) is 4.79 Å². The highest BCUT2D eigenvalue weighted by molar-refractivity contribution is 7.73. The molecule has 4 aromatic rings. The first-order valence-electron chi connectivity index (χ1n) is 11.6. The molecule has 0 aliphatic carbocycles. The third-order valence-electron chi connectivity index (χ3n) is 5.74. The number of hydrogen-bond donors (Lipinski definition) is 3. The zero-order valence-corrected chi connectivity index (χ0v) is 22.3. The quantitative estimate of drug-likeness (QED) is 0.166. The molecule has 0 saturated heterocycles. The molecule has 3 aromatic carbocycles. The topological polar surface area (TPSA) is 66.3 Å². The third kappa shape index (κ3) is 8.11. The van der Waals surface area contributed by atoms with E-state index in [9.17, 15) is 9.90 Å². The van der Waals surface area contributed by atoms with Gasteiger partial charge in [0, 0.05) is 29.9 Å². The van der Waals surface area contributed by atoms with E-state index in [-0.39, 0.29) is 24.7 Å². The minimum atomic E-state index is -0.514. The Balaban J connectivity index is 0.00000361. The zero-order valence-electron chi connectivity index (χ0n) is 19.8. The summed E-state index contributed by atoms with van der Waals surface area (Å²) in [6, 6.07) is 27.7. The van der Waals surface area contributed by atoms with Crippen molar-refractivity contribution >= 4 is 47.6 Å². The van der Waals surface area contributed by atoms with Crippen LogP contribution in [0.3, 0.4) is 0 Å². The number of benzene rings is 3. The Kier molecular flexibility index (Phi) is 10.8. The molecule has 188 valence electrons. The van der Waals surface area contributed by atoms with E-state index < -0.39 is 6.10 Å². The number of nitrogens with zero attached hydrogens (tertiary/aromatic N) is 1. The van der Waals surface area contributed by atoms with Crippen molar-refractivity contribution in [3.8, 4) is 0 Å². The summed E-state index contributed by atoms with van der Waals surface area (Å²) in [6.45, 7) is 1.94. The van der Waals surface area contributed by atoms with Gasteiger partial charge < -0.3 is 20.3 Å². The van der Waals surface area contributed by atoms with Crippen LogP contribution in [0, 0.1) is 3.95 Å². The number of amides is 1. The smallest absolute Gasteiger partial charge is 0.230 e. The first-order valence-corrected chi connectivity index (χ1v) is 12.9. The number of halogens is 1. The number of carbonyl (C=O) groups is 1. The Morgan fingerprint density at radius 2 is 1.61 bits per heavy atom. The molecule has 0 radical (unpaired) electrons. The molecular weight excluding hydrogens is 510 g/mol. The fourth-order valence-corrected chi connectivity index (χ4v) is 4.90. The molecule has 0 fully saturated rings. The second-order valence-corrected chi connectivity index (χ2v) is 9.87. The molecule has 1 atom stereocenters. The van der Waals surface area contributed by atoms with Crippen LogP contribution in [0.15, 0.2) is 90.3 Å². The minimum Gasteiger partial charge on any atom is -0.387 e. The van der Waals surface area contributed by atoms with Gasteiger partial charge in [0.25, 0.3) is 0 Å². The van der Waals surface area contributed by atoms with E-state index >= 15 is 0 Å². The maximum atomic E-state index is 12.7. The number of aromatic nitrogens is 1. The van der Waals surface area contributed by atoms with Crippen LogP contribution >= 0.6 is 36.0 Å². The number of aliphatic hydroxyl groups is 1. The molecule has 0 aliphatic heterocycles. The van der Waals surface area contributed by atoms with Crippen molar-refractivity contribution in [3.63, 3.8) is 0 Å². The lowest BCUT2D eigenvalue weighted by atomic mass is 10.1. The predicted octanol–water partition coefficient (Wildman–Crippen LogP) is 5.80. The van der Waals surface area contributed by atoms with Crippen molar-refractivity contribution in [2.45, 2.75) is 25.5 Å². The van der Waals surface area contributed by atoms with E-state index in [2.05, 4.69) is 22.8 Å². The Morgan fingerprint density at radius 3 is 2.31 bits per heavy atom. The maximum absolute atomic E-state index is 12.7. The van der Waals surface area contributed by atoms with Gasteiger partial charge in [0.15, 0.2) is 3.95 Å². The second kappa shape index (κ2) is 14.1. The van der Waals surface area contributed by atoms with E-state index in [1.54, 1.807) is 0 Å². The maximum Gasteiger partial charge on any atom is 0.230 e. The molecule has 0 aliphatic rings. The molecule has 36 heavy (non-hydrogen) atoms. The van der Waals surface area contributed by atoms with Crippen LogP contribution in [0.5, 0.6) is 0 Å². The van der Waals surface area contributed by atoms with Gasteiger partial charge in [0.2, 0.25) is 5.91 Å². The fraction of sp³-hybridized carbons (Fsp3) is 0.214. The van der Waals surface area contributed by atoms with E-state index in [1.165, 1.54) is 16.9 Å². The van der Waals surface area contributed by atoms with E-state index in [1.807, 2.05) is 82.7 Å². The molecule has 5 nitrogen and oxygen atoms in total. The molecule has 0 unspecified atom stereocenters. The summed E-state index contributed by atoms with van der Waals surface area (Å²) in [6.07, 6.45) is 0.598. The van der Waals surface area contributed by atoms with Crippen molar-refractivity contribution in [2.75, 3.05) is 18.4 Å². The summed E-state index contributed by atoms with van der Waals surface area (Å²) >= 11 is 6.97. The molecule has 4 rings (SSSR count). The molecule has 8 heteroatoms. The highest BCUT2D eigenvalue weighted by Crippen LogP contribution is 2.17. The monoisotopic (exact) mass is 539 g/mol. The number of anilines is 1. The number of thiazole rings is 1. The molecule has 0 saturated carbocycles. The largest absolute Gasteiger partial charge is 0.387 e. The molecule has 1 heterocycles. The molecular formula is C28H30ClN3O2S2. The van der Waals surface area contributed by atoms with Crippen LogP contribution in [-0.4, -0.2) is 28.7 Å². The molecule has 0 bridgehead atoms. The summed E-state index contributed by atoms with van der Waals surface area (Å²) in [4.78, 5) is 12.7. The lowest BCUT2D eigenvalue weighted by Crippen LogP contribution is -2.23. The average Bonchev–Trinajstić information content (AvgIpc) is 3.22. The summed E-state index contributed by atoms with van der Waals surface area (Å²) in [7, 11) is 0. The summed E-state index contributed by atoms with van der Waals surface area (Å²) in [5.74, 6) is -0.0658. The van der Waals surface area contributed by atoms with Crippen molar-refractivity contribution in [3.05, 3.63) is 117 Å². The summed E-state index contributed by atoms with van der Waals surface area (Å²) < 4.78 is 2.80. The number of aliphatic hydroxyl groups excluding tert-OH is 1. The normalized spacial score (nSPS) is 11.5. The van der Waals surface area contributed by atoms with Gasteiger partial charge in [0.05, 0.1) is 12.5 Å². The van der Waals surface area contributed by atoms with Gasteiger partial charge in [-0.15, -0.1) is 23.7 Å². The first kappa shape index (κ1) is 27.8. The van der Waals surface area contributed by atoms with Crippen LogP contribution in [0.25, 0.3) is 0 Å². The molecule has 1 aromatic heterocycles. The number of rotatable bonds is 11. The van der Waals surface area contributed by atoms with Gasteiger partial charge in [-0.1, -0.05) is 72.8 Å². The fourth-order valence-electron chi connectivity index (χ4n) is 3.82. The Hall–Kier alpha value is -2.81. The van der Waals surface area contributed by atoms with Crippen molar-refractivity contribution < 1.29 is 9.90 Å². The Labute approximate surface area is 227 Å². The Morgan fingerprint density at radius 1 is 0.944 bits per heavy atom. The van der Waals surface area contributed by atoms with E-state index in [4.69, 9.17) is 12.2 Å². The molecule has 1 amide bonds. The van der Waals surface area contributed by atoms with Gasteiger partial charge in [-0.2, -0.15) is 0 Å². The SMILES string of the molecule is Cl.O=C(Cc1csc(=S)n1Cc1ccccc1)Nc1ccc(CCNC[C@H](O)c2ccccc2)cc1. The van der Waals surface area contributed by atoms with Gasteiger partial charge in [-0.05, 0) is 54.0 Å². The molecule has 0 spiro atoms. The van der Waals surface area contributed by atoms with E-state index in [0.29, 0.717) is 13.1 Å². The van der Waals surface area contributed by atoms with E-state index in [0.717, 1.165) is 39.4 Å². The van der Waals surface area contributed by atoms with Crippen LogP contribution in [0.1, 0.15) is 28.5 Å². The average molecular weight is 540 g/mol. The van der Waals surface area contributed by atoms with Crippen molar-refractivity contribution in [1.29, 1.82) is 0 Å².